The van der Waals surface area contributed by atoms with Gasteiger partial charge in [0.15, 0.2) is 0 Å². The molecule has 1 N–H and O–H groups in total. The quantitative estimate of drug-likeness (QED) is 0.529. The van der Waals surface area contributed by atoms with Crippen LogP contribution in [0.25, 0.3) is 0 Å². The zero-order valence-corrected chi connectivity index (χ0v) is 13.7. The smallest absolute Gasteiger partial charge is 0.0781 e. The Balaban J connectivity index is 2.51. The molecule has 5 heteroatoms. The fourth-order valence-electron chi connectivity index (χ4n) is 1.68. The minimum Gasteiger partial charge on any atom is -0.310 e. The molecule has 1 aromatic carbocycles. The second-order valence-electron chi connectivity index (χ2n) is 4.14. The summed E-state index contributed by atoms with van der Waals surface area (Å²) in [6.45, 7) is 3.07. The molecule has 102 valence electrons. The first-order chi connectivity index (χ1) is 8.57. The number of hydrogen-bond donors (Lipinski definition) is 1. The molecule has 0 aliphatic heterocycles. The Hall–Kier alpha value is 0.400. The molecule has 0 heterocycles. The zero-order valence-electron chi connectivity index (χ0n) is 10.6. The summed E-state index contributed by atoms with van der Waals surface area (Å²) in [5.41, 5.74) is 0.996. The highest BCUT2D eigenvalue weighted by atomic mass is 35.5. The minimum atomic E-state index is 0.182. The van der Waals surface area contributed by atoms with Gasteiger partial charge in [-0.15, -0.1) is 0 Å². The van der Waals surface area contributed by atoms with Gasteiger partial charge in [-0.3, -0.25) is 0 Å². The Morgan fingerprint density at radius 3 is 2.56 bits per heavy atom. The summed E-state index contributed by atoms with van der Waals surface area (Å²) in [4.78, 5) is 0. The SMILES string of the molecule is CSCCCCNC(C)c1ccc(Cl)c(Cl)c1Cl. The molecule has 0 saturated carbocycles. The van der Waals surface area contributed by atoms with Gasteiger partial charge in [-0.05, 0) is 49.9 Å². The Bertz CT molecular complexity index is 385. The maximum Gasteiger partial charge on any atom is 0.0781 e. The van der Waals surface area contributed by atoms with Crippen LogP contribution in [-0.2, 0) is 0 Å². The van der Waals surface area contributed by atoms with Gasteiger partial charge in [-0.2, -0.15) is 11.8 Å². The highest BCUT2D eigenvalue weighted by Crippen LogP contribution is 2.35. The van der Waals surface area contributed by atoms with Crippen molar-refractivity contribution in [2.75, 3.05) is 18.6 Å². The van der Waals surface area contributed by atoms with Crippen LogP contribution in [0.3, 0.4) is 0 Å². The van der Waals surface area contributed by atoms with Crippen molar-refractivity contribution in [2.45, 2.75) is 25.8 Å². The van der Waals surface area contributed by atoms with Crippen molar-refractivity contribution >= 4 is 46.6 Å². The van der Waals surface area contributed by atoms with Gasteiger partial charge in [0.2, 0.25) is 0 Å². The molecule has 1 nitrogen and oxygen atoms in total. The number of hydrogen-bond acceptors (Lipinski definition) is 2. The summed E-state index contributed by atoms with van der Waals surface area (Å²) in [5.74, 6) is 1.21. The van der Waals surface area contributed by atoms with Crippen molar-refractivity contribution in [3.8, 4) is 0 Å². The average Bonchev–Trinajstić information content (AvgIpc) is 2.35. The predicted octanol–water partition coefficient (Wildman–Crippen LogP) is 5.44. The van der Waals surface area contributed by atoms with Crippen LogP contribution >= 0.6 is 46.6 Å². The summed E-state index contributed by atoms with van der Waals surface area (Å²) in [6.07, 6.45) is 4.53. The molecular weight excluding hydrogens is 309 g/mol. The maximum atomic E-state index is 6.20. The third-order valence-corrected chi connectivity index (χ3v) is 4.76. The van der Waals surface area contributed by atoms with Crippen molar-refractivity contribution < 1.29 is 0 Å². The normalized spacial score (nSPS) is 12.7. The van der Waals surface area contributed by atoms with E-state index in [0.29, 0.717) is 15.1 Å². The zero-order chi connectivity index (χ0) is 13.5. The summed E-state index contributed by atoms with van der Waals surface area (Å²) in [7, 11) is 0. The lowest BCUT2D eigenvalue weighted by Crippen LogP contribution is -2.20. The molecule has 0 aromatic heterocycles. The van der Waals surface area contributed by atoms with Gasteiger partial charge >= 0.3 is 0 Å². The Kier molecular flexibility index (Phi) is 7.81. The lowest BCUT2D eigenvalue weighted by atomic mass is 10.1. The van der Waals surface area contributed by atoms with Crippen LogP contribution in [0.15, 0.2) is 12.1 Å². The highest BCUT2D eigenvalue weighted by molar-refractivity contribution is 7.98. The van der Waals surface area contributed by atoms with Crippen molar-refractivity contribution in [3.05, 3.63) is 32.8 Å². The van der Waals surface area contributed by atoms with E-state index in [4.69, 9.17) is 34.8 Å². The fraction of sp³-hybridized carbons (Fsp3) is 0.538. The molecule has 0 aliphatic rings. The van der Waals surface area contributed by atoms with E-state index in [-0.39, 0.29) is 6.04 Å². The first-order valence-electron chi connectivity index (χ1n) is 5.93. The van der Waals surface area contributed by atoms with Crippen molar-refractivity contribution in [1.29, 1.82) is 0 Å². The number of rotatable bonds is 7. The molecule has 0 amide bonds. The molecule has 1 atom stereocenters. The van der Waals surface area contributed by atoms with E-state index < -0.39 is 0 Å². The van der Waals surface area contributed by atoms with Crippen molar-refractivity contribution in [3.63, 3.8) is 0 Å². The van der Waals surface area contributed by atoms with E-state index in [1.165, 1.54) is 18.6 Å². The molecule has 0 radical (unpaired) electrons. The number of halogens is 3. The van der Waals surface area contributed by atoms with Gasteiger partial charge in [-0.25, -0.2) is 0 Å². The number of nitrogens with one attached hydrogen (secondary N) is 1. The lowest BCUT2D eigenvalue weighted by molar-refractivity contribution is 0.556. The topological polar surface area (TPSA) is 12.0 Å². The van der Waals surface area contributed by atoms with Crippen LogP contribution in [0.1, 0.15) is 31.4 Å². The minimum absolute atomic E-state index is 0.182. The third-order valence-electron chi connectivity index (χ3n) is 2.76. The Labute approximate surface area is 129 Å². The molecule has 1 unspecified atom stereocenters. The van der Waals surface area contributed by atoms with Crippen LogP contribution in [0.2, 0.25) is 15.1 Å². The molecule has 0 bridgehead atoms. The molecule has 0 saturated heterocycles. The Morgan fingerprint density at radius 2 is 1.89 bits per heavy atom. The van der Waals surface area contributed by atoms with Gasteiger partial charge < -0.3 is 5.32 Å². The van der Waals surface area contributed by atoms with Crippen molar-refractivity contribution in [2.24, 2.45) is 0 Å². The molecule has 1 aromatic rings. The van der Waals surface area contributed by atoms with E-state index in [2.05, 4.69) is 18.5 Å². The predicted molar refractivity (Wildman–Crippen MR) is 85.5 cm³/mol. The van der Waals surface area contributed by atoms with E-state index in [0.717, 1.165) is 12.1 Å². The van der Waals surface area contributed by atoms with Gasteiger partial charge in [0.25, 0.3) is 0 Å². The molecule has 1 rings (SSSR count). The summed E-state index contributed by atoms with van der Waals surface area (Å²) < 4.78 is 0. The van der Waals surface area contributed by atoms with E-state index >= 15 is 0 Å². The van der Waals surface area contributed by atoms with E-state index in [1.807, 2.05) is 17.8 Å². The fourth-order valence-corrected chi connectivity index (χ4v) is 2.87. The van der Waals surface area contributed by atoms with Gasteiger partial charge in [0.1, 0.15) is 0 Å². The molecule has 0 fully saturated rings. The average molecular weight is 327 g/mol. The van der Waals surface area contributed by atoms with Crippen LogP contribution in [-0.4, -0.2) is 18.6 Å². The van der Waals surface area contributed by atoms with Crippen LogP contribution < -0.4 is 5.32 Å². The first kappa shape index (κ1) is 16.5. The van der Waals surface area contributed by atoms with Crippen LogP contribution in [0.5, 0.6) is 0 Å². The van der Waals surface area contributed by atoms with Gasteiger partial charge in [-0.1, -0.05) is 40.9 Å². The standard InChI is InChI=1S/C13H18Cl3NS/c1-9(17-7-3-4-8-18-2)10-5-6-11(14)13(16)12(10)15/h5-6,9,17H,3-4,7-8H2,1-2H3. The number of thioether (sulfide) groups is 1. The molecular formula is C13H18Cl3NS. The summed E-state index contributed by atoms with van der Waals surface area (Å²) >= 11 is 20.0. The molecule has 0 aliphatic carbocycles. The maximum absolute atomic E-state index is 6.20. The molecule has 18 heavy (non-hydrogen) atoms. The van der Waals surface area contributed by atoms with Crippen LogP contribution in [0.4, 0.5) is 0 Å². The Morgan fingerprint density at radius 1 is 1.17 bits per heavy atom. The summed E-state index contributed by atoms with van der Waals surface area (Å²) in [6, 6.07) is 3.90. The van der Waals surface area contributed by atoms with Crippen molar-refractivity contribution in [1.82, 2.24) is 5.32 Å². The third kappa shape index (κ3) is 4.82. The molecule has 0 spiro atoms. The van der Waals surface area contributed by atoms with Gasteiger partial charge in [0, 0.05) is 6.04 Å². The second-order valence-corrected chi connectivity index (χ2v) is 6.29. The monoisotopic (exact) mass is 325 g/mol. The number of benzene rings is 1. The van der Waals surface area contributed by atoms with E-state index in [1.54, 1.807) is 6.07 Å². The van der Waals surface area contributed by atoms with Gasteiger partial charge in [0.05, 0.1) is 15.1 Å². The first-order valence-corrected chi connectivity index (χ1v) is 8.46. The number of unbranched alkanes of at least 4 members (excludes halogenated alkanes) is 1. The lowest BCUT2D eigenvalue weighted by Gasteiger charge is -2.16. The highest BCUT2D eigenvalue weighted by Gasteiger charge is 2.13. The van der Waals surface area contributed by atoms with Crippen LogP contribution in [0, 0.1) is 0 Å². The second kappa shape index (κ2) is 8.55. The largest absolute Gasteiger partial charge is 0.310 e. The summed E-state index contributed by atoms with van der Waals surface area (Å²) in [5, 5.41) is 4.93. The van der Waals surface area contributed by atoms with E-state index in [9.17, 15) is 0 Å².